The summed E-state index contributed by atoms with van der Waals surface area (Å²) in [6, 6.07) is 46.0. The van der Waals surface area contributed by atoms with Crippen molar-refractivity contribution in [1.29, 1.82) is 0 Å². The molecule has 0 fully saturated rings. The molecule has 228 valence electrons. The molecule has 0 atom stereocenters. The van der Waals surface area contributed by atoms with Crippen molar-refractivity contribution in [2.45, 2.75) is 73.1 Å². The van der Waals surface area contributed by atoms with E-state index >= 15 is 0 Å². The zero-order valence-corrected chi connectivity index (χ0v) is 28.6. The van der Waals surface area contributed by atoms with Gasteiger partial charge >= 0.3 is 0 Å². The average Bonchev–Trinajstić information content (AvgIpc) is 3.42. The van der Waals surface area contributed by atoms with Crippen LogP contribution in [0.25, 0.3) is 33.0 Å². The highest BCUT2D eigenvalue weighted by molar-refractivity contribution is 5.83. The predicted octanol–water partition coefficient (Wildman–Crippen LogP) is 12.8. The number of rotatable bonds is 0. The molecule has 6 aromatic carbocycles. The molecular weight excluding hydrogens is 540 g/mol. The second kappa shape index (κ2) is 12.9. The molecule has 2 aliphatic carbocycles. The molecular formula is C45H48. The van der Waals surface area contributed by atoms with Crippen molar-refractivity contribution < 1.29 is 0 Å². The smallest absolute Gasteiger partial charge is 0.0158 e. The van der Waals surface area contributed by atoms with E-state index in [1.165, 1.54) is 72.0 Å². The summed E-state index contributed by atoms with van der Waals surface area (Å²) in [6.45, 7) is 19.7. The zero-order valence-electron chi connectivity index (χ0n) is 28.6. The van der Waals surface area contributed by atoms with E-state index in [2.05, 4.69) is 176 Å². The van der Waals surface area contributed by atoms with Gasteiger partial charge in [0.2, 0.25) is 0 Å². The molecule has 0 nitrogen and oxygen atoms in total. The molecule has 45 heavy (non-hydrogen) atoms. The van der Waals surface area contributed by atoms with Gasteiger partial charge in [-0.05, 0) is 76.1 Å². The van der Waals surface area contributed by atoms with Gasteiger partial charge in [0.1, 0.15) is 0 Å². The topological polar surface area (TPSA) is 0 Å². The van der Waals surface area contributed by atoms with Crippen molar-refractivity contribution in [3.05, 3.63) is 166 Å². The molecule has 0 saturated carbocycles. The molecule has 0 heterocycles. The maximum atomic E-state index is 2.33. The van der Waals surface area contributed by atoms with E-state index in [4.69, 9.17) is 0 Å². The van der Waals surface area contributed by atoms with E-state index in [1.54, 1.807) is 0 Å². The number of benzene rings is 6. The molecule has 0 saturated heterocycles. The van der Waals surface area contributed by atoms with E-state index in [0.717, 1.165) is 0 Å². The Bertz CT molecular complexity index is 1840. The lowest BCUT2D eigenvalue weighted by atomic mass is 9.82. The lowest BCUT2D eigenvalue weighted by Gasteiger charge is -2.21. The summed E-state index contributed by atoms with van der Waals surface area (Å²) >= 11 is 0. The Labute approximate surface area is 271 Å². The van der Waals surface area contributed by atoms with Crippen LogP contribution in [0.15, 0.2) is 127 Å². The molecule has 0 unspecified atom stereocenters. The lowest BCUT2D eigenvalue weighted by Crippen LogP contribution is -2.14. The minimum atomic E-state index is 0.151. The molecule has 0 bridgehead atoms. The fraction of sp³-hybridized carbons (Fsp3) is 0.244. The summed E-state index contributed by atoms with van der Waals surface area (Å²) < 4.78 is 0. The highest BCUT2D eigenvalue weighted by Gasteiger charge is 2.35. The van der Waals surface area contributed by atoms with Gasteiger partial charge in [0.05, 0.1) is 0 Å². The first-order chi connectivity index (χ1) is 21.6. The van der Waals surface area contributed by atoms with E-state index < -0.39 is 0 Å². The quantitative estimate of drug-likeness (QED) is 0.166. The highest BCUT2D eigenvalue weighted by atomic mass is 14.4. The second-order valence-corrected chi connectivity index (χ2v) is 13.3. The van der Waals surface area contributed by atoms with Crippen LogP contribution in [-0.4, -0.2) is 0 Å². The molecule has 2 aliphatic rings. The maximum absolute atomic E-state index is 2.33. The standard InChI is InChI=1S/2C16H16.C11H10.C2H6/c2*1-11-8-9-13-12-6-4-5-7-14(12)16(2,3)15(13)10-11;1-9-6-7-10-4-2-3-5-11(10)8-9;1-2/h2*4-10H,1-3H3;2-8H,1H3;1-2H3. The van der Waals surface area contributed by atoms with Crippen LogP contribution >= 0.6 is 0 Å². The van der Waals surface area contributed by atoms with E-state index in [1.807, 2.05) is 13.8 Å². The molecule has 0 heteroatoms. The molecule has 0 amide bonds. The Morgan fingerprint density at radius 1 is 0.333 bits per heavy atom. The van der Waals surface area contributed by atoms with Crippen molar-refractivity contribution in [2.75, 3.05) is 0 Å². The SMILES string of the molecule is CC.Cc1ccc2c(c1)C(C)(C)c1ccccc1-2.Cc1ccc2c(c1)C(C)(C)c1ccccc1-2.Cc1ccc2ccccc2c1. The van der Waals surface area contributed by atoms with Crippen molar-refractivity contribution in [3.63, 3.8) is 0 Å². The zero-order chi connectivity index (χ0) is 32.4. The van der Waals surface area contributed by atoms with Gasteiger partial charge in [0.15, 0.2) is 0 Å². The third-order valence-electron chi connectivity index (χ3n) is 9.38. The summed E-state index contributed by atoms with van der Waals surface area (Å²) in [4.78, 5) is 0. The largest absolute Gasteiger partial charge is 0.0683 e. The minimum Gasteiger partial charge on any atom is -0.0683 e. The van der Waals surface area contributed by atoms with Gasteiger partial charge in [-0.2, -0.15) is 0 Å². The summed E-state index contributed by atoms with van der Waals surface area (Å²) in [5.41, 5.74) is 15.8. The van der Waals surface area contributed by atoms with Crippen LogP contribution in [-0.2, 0) is 10.8 Å². The first-order valence-electron chi connectivity index (χ1n) is 16.4. The summed E-state index contributed by atoms with van der Waals surface area (Å²) in [5.74, 6) is 0. The van der Waals surface area contributed by atoms with Crippen LogP contribution in [0.4, 0.5) is 0 Å². The number of hydrogen-bond donors (Lipinski definition) is 0. The third kappa shape index (κ3) is 6.12. The average molecular weight is 589 g/mol. The number of fused-ring (bicyclic) bond motifs is 7. The maximum Gasteiger partial charge on any atom is 0.0158 e. The van der Waals surface area contributed by atoms with Gasteiger partial charge in [-0.15, -0.1) is 0 Å². The van der Waals surface area contributed by atoms with E-state index in [0.29, 0.717) is 0 Å². The summed E-state index contributed by atoms with van der Waals surface area (Å²) in [6.07, 6.45) is 0. The van der Waals surface area contributed by atoms with Gasteiger partial charge in [-0.1, -0.05) is 186 Å². The van der Waals surface area contributed by atoms with Gasteiger partial charge in [-0.3, -0.25) is 0 Å². The summed E-state index contributed by atoms with van der Waals surface area (Å²) in [7, 11) is 0. The Morgan fingerprint density at radius 3 is 1.18 bits per heavy atom. The van der Waals surface area contributed by atoms with Gasteiger partial charge in [0, 0.05) is 10.8 Å². The molecule has 0 spiro atoms. The highest BCUT2D eigenvalue weighted by Crippen LogP contribution is 2.49. The number of hydrogen-bond acceptors (Lipinski definition) is 0. The normalized spacial score (nSPS) is 13.8. The molecule has 0 aromatic heterocycles. The minimum absolute atomic E-state index is 0.151. The molecule has 0 radical (unpaired) electrons. The van der Waals surface area contributed by atoms with Gasteiger partial charge < -0.3 is 0 Å². The second-order valence-electron chi connectivity index (χ2n) is 13.3. The first kappa shape index (κ1) is 32.0. The fourth-order valence-corrected chi connectivity index (χ4v) is 6.94. The lowest BCUT2D eigenvalue weighted by molar-refractivity contribution is 0.659. The van der Waals surface area contributed by atoms with Crippen molar-refractivity contribution in [2.24, 2.45) is 0 Å². The molecule has 8 rings (SSSR count). The molecule has 0 N–H and O–H groups in total. The van der Waals surface area contributed by atoms with Gasteiger partial charge in [0.25, 0.3) is 0 Å². The first-order valence-corrected chi connectivity index (χ1v) is 16.4. The van der Waals surface area contributed by atoms with Crippen LogP contribution < -0.4 is 0 Å². The summed E-state index contributed by atoms with van der Waals surface area (Å²) in [5, 5.41) is 2.64. The monoisotopic (exact) mass is 588 g/mol. The van der Waals surface area contributed by atoms with E-state index in [-0.39, 0.29) is 10.8 Å². The Kier molecular flexibility index (Phi) is 9.17. The van der Waals surface area contributed by atoms with Crippen molar-refractivity contribution in [3.8, 4) is 22.3 Å². The van der Waals surface area contributed by atoms with Crippen LogP contribution in [0.1, 0.15) is 80.5 Å². The third-order valence-corrected chi connectivity index (χ3v) is 9.38. The fourth-order valence-electron chi connectivity index (χ4n) is 6.94. The van der Waals surface area contributed by atoms with Crippen LogP contribution in [0.5, 0.6) is 0 Å². The Balaban J connectivity index is 0.000000132. The van der Waals surface area contributed by atoms with Crippen molar-refractivity contribution >= 4 is 10.8 Å². The predicted molar refractivity (Wildman–Crippen MR) is 198 cm³/mol. The van der Waals surface area contributed by atoms with E-state index in [9.17, 15) is 0 Å². The van der Waals surface area contributed by atoms with Crippen LogP contribution in [0, 0.1) is 20.8 Å². The molecule has 0 aliphatic heterocycles. The van der Waals surface area contributed by atoms with Gasteiger partial charge in [-0.25, -0.2) is 0 Å². The Morgan fingerprint density at radius 2 is 0.689 bits per heavy atom. The van der Waals surface area contributed by atoms with Crippen molar-refractivity contribution in [1.82, 2.24) is 0 Å². The molecule has 6 aromatic rings. The van der Waals surface area contributed by atoms with Crippen LogP contribution in [0.3, 0.4) is 0 Å². The van der Waals surface area contributed by atoms with Crippen LogP contribution in [0.2, 0.25) is 0 Å². The Hall–Kier alpha value is -4.42. The number of aryl methyl sites for hydroxylation is 3.